The van der Waals surface area contributed by atoms with E-state index in [1.807, 2.05) is 102 Å². The van der Waals surface area contributed by atoms with Crippen LogP contribution in [0.3, 0.4) is 0 Å². The quantitative estimate of drug-likeness (QED) is 0.0275. The topological polar surface area (TPSA) is 228 Å². The highest BCUT2D eigenvalue weighted by atomic mass is 16.6. The molecular weight excluding hydrogens is 1080 g/mol. The molecule has 2 aromatic carbocycles. The van der Waals surface area contributed by atoms with Gasteiger partial charge in [-0.3, -0.25) is 38.2 Å². The number of ether oxygens (including phenoxy) is 4. The number of carbonyl (C=O) groups excluding carboxylic acids is 6. The first-order valence-electron chi connectivity index (χ1n) is 31.4. The maximum absolute atomic E-state index is 14.7. The molecule has 3 aliphatic rings. The zero-order valence-corrected chi connectivity index (χ0v) is 51.9. The van der Waals surface area contributed by atoms with E-state index in [1.165, 1.54) is 4.57 Å². The number of esters is 4. The van der Waals surface area contributed by atoms with Gasteiger partial charge in [0.1, 0.15) is 18.1 Å². The lowest BCUT2D eigenvalue weighted by atomic mass is 9.89. The Labute approximate surface area is 502 Å². The van der Waals surface area contributed by atoms with Crippen LogP contribution in [0.25, 0.3) is 21.8 Å². The van der Waals surface area contributed by atoms with Crippen LogP contribution in [0.1, 0.15) is 141 Å². The number of aryl methyl sites for hydroxylation is 1. The van der Waals surface area contributed by atoms with Gasteiger partial charge >= 0.3 is 29.9 Å². The minimum atomic E-state index is -0.860. The van der Waals surface area contributed by atoms with Crippen molar-refractivity contribution >= 4 is 57.6 Å². The third-order valence-electron chi connectivity index (χ3n) is 17.0. The fourth-order valence-electron chi connectivity index (χ4n) is 12.0. The number of piperazine rings is 1. The molecule has 3 atom stereocenters. The first-order valence-corrected chi connectivity index (χ1v) is 31.4. The van der Waals surface area contributed by atoms with Crippen LogP contribution in [0.5, 0.6) is 0 Å². The summed E-state index contributed by atoms with van der Waals surface area (Å²) in [6.07, 6.45) is 9.52. The molecule has 21 nitrogen and oxygen atoms in total. The molecule has 0 radical (unpaired) electrons. The summed E-state index contributed by atoms with van der Waals surface area (Å²) in [6.45, 7) is 20.9. The minimum Gasteiger partial charge on any atom is -0.465 e. The second-order valence-electron chi connectivity index (χ2n) is 24.1. The van der Waals surface area contributed by atoms with E-state index in [0.717, 1.165) is 66.4 Å². The van der Waals surface area contributed by atoms with Crippen LogP contribution in [0, 0.1) is 18.8 Å². The van der Waals surface area contributed by atoms with Crippen LogP contribution in [0.15, 0.2) is 53.5 Å². The van der Waals surface area contributed by atoms with Crippen molar-refractivity contribution < 1.29 is 47.7 Å². The Hall–Kier alpha value is -6.42. The number of hydrogen-bond donors (Lipinski definition) is 3. The lowest BCUT2D eigenvalue weighted by Crippen LogP contribution is -2.59. The molecule has 3 N–H and O–H groups in total. The van der Waals surface area contributed by atoms with Gasteiger partial charge in [0.05, 0.1) is 24.2 Å². The highest BCUT2D eigenvalue weighted by molar-refractivity contribution is 5.88. The summed E-state index contributed by atoms with van der Waals surface area (Å²) < 4.78 is 25.4. The van der Waals surface area contributed by atoms with E-state index in [9.17, 15) is 33.6 Å². The number of hydrogen-bond acceptors (Lipinski definition) is 16. The Morgan fingerprint density at radius 2 is 1.25 bits per heavy atom. The number of likely N-dealkylation sites (N-methyl/N-ethyl adjacent to an activating group) is 2. The number of urea groups is 1. The molecule has 3 aliphatic heterocycles. The highest BCUT2D eigenvalue weighted by Gasteiger charge is 2.35. The van der Waals surface area contributed by atoms with Gasteiger partial charge in [-0.25, -0.2) is 9.48 Å². The van der Waals surface area contributed by atoms with Gasteiger partial charge in [0.2, 0.25) is 5.91 Å². The average molecular weight is 1180 g/mol. The maximum atomic E-state index is 14.7. The van der Waals surface area contributed by atoms with Crippen molar-refractivity contribution in [3.05, 3.63) is 75.7 Å². The van der Waals surface area contributed by atoms with Crippen molar-refractivity contribution in [2.45, 2.75) is 175 Å². The Kier molecular flexibility index (Phi) is 25.6. The van der Waals surface area contributed by atoms with Crippen molar-refractivity contribution in [3.63, 3.8) is 0 Å². The molecule has 3 saturated heterocycles. The largest absolute Gasteiger partial charge is 0.465 e. The van der Waals surface area contributed by atoms with Gasteiger partial charge in [0, 0.05) is 81.7 Å². The molecule has 7 rings (SSSR count). The van der Waals surface area contributed by atoms with E-state index in [1.54, 1.807) is 9.58 Å². The molecule has 3 fully saturated rings. The zero-order valence-electron chi connectivity index (χ0n) is 51.9. The van der Waals surface area contributed by atoms with Crippen molar-refractivity contribution in [3.8, 4) is 0 Å². The van der Waals surface area contributed by atoms with E-state index in [0.29, 0.717) is 114 Å². The number of para-hydroxylation sites is 1. The molecule has 85 heavy (non-hydrogen) atoms. The first-order chi connectivity index (χ1) is 40.9. The Bertz CT molecular complexity index is 2900. The molecule has 2 unspecified atom stereocenters. The third-order valence-corrected chi connectivity index (χ3v) is 17.0. The third kappa shape index (κ3) is 19.0. The molecule has 21 heteroatoms. The second kappa shape index (κ2) is 32.9. The number of amides is 3. The van der Waals surface area contributed by atoms with Crippen LogP contribution in [0.4, 0.5) is 4.79 Å². The number of fused-ring (bicyclic) bond motifs is 2. The summed E-state index contributed by atoms with van der Waals surface area (Å²) in [6, 6.07) is 12.0. The van der Waals surface area contributed by atoms with Gasteiger partial charge in [-0.05, 0) is 157 Å². The smallest absolute Gasteiger partial charge is 0.323 e. The van der Waals surface area contributed by atoms with Crippen molar-refractivity contribution in [1.29, 1.82) is 0 Å². The molecule has 0 saturated carbocycles. The fourth-order valence-corrected chi connectivity index (χ4v) is 12.0. The Morgan fingerprint density at radius 3 is 1.84 bits per heavy atom. The van der Waals surface area contributed by atoms with Crippen LogP contribution >= 0.6 is 0 Å². The summed E-state index contributed by atoms with van der Waals surface area (Å²) in [5.74, 6) is -1.36. The van der Waals surface area contributed by atoms with Crippen LogP contribution in [0.2, 0.25) is 0 Å². The van der Waals surface area contributed by atoms with E-state index < -0.39 is 12.0 Å². The molecule has 0 spiro atoms. The number of nitrogens with zero attached hydrogens (tertiary/aromatic N) is 7. The number of unbranched alkanes of at least 4 members (excludes halogenated alkanes) is 4. The number of piperidine rings is 2. The van der Waals surface area contributed by atoms with Gasteiger partial charge in [-0.15, -0.1) is 0 Å². The number of likely N-dealkylation sites (tertiary alicyclic amines) is 2. The lowest BCUT2D eigenvalue weighted by Gasteiger charge is -2.43. The monoisotopic (exact) mass is 1180 g/mol. The second-order valence-corrected chi connectivity index (χ2v) is 24.1. The molecule has 4 aromatic rings. The minimum absolute atomic E-state index is 0.0635. The predicted octanol–water partition coefficient (Wildman–Crippen LogP) is 6.88. The average Bonchev–Trinajstić information content (AvgIpc) is 3.35. The fraction of sp³-hybridized carbons (Fsp3) is 0.656. The number of carbonyl (C=O) groups is 6. The standard InChI is InChI=1S/C64H96N10O11/c1-9-65-57(44(3)4)62(79)82-35-17-11-13-21-55(75)84-42-73-41-50-38-47(37-46(7)59(50)68-73)39-53(61(78)71-33-31-70(32-34-71)51-25-27-69(8)28-26-51)67-64(81)72-29-23-48(24-30-72)52-40-49-19-15-16-20-54(49)74(60(52)77)43-85-56(76)22-14-12-18-36-83-63(80)58(45(5)6)66-10-2/h15-16,19-20,37-38,40-41,44-45,48,51,53,57-58,65-66H,9-14,17-18,21-36,39,42-43H2,1-8H3,(H,67,81)/t53-,57?,58?/m1/s1. The first kappa shape index (κ1) is 66.1. The lowest BCUT2D eigenvalue weighted by molar-refractivity contribution is -0.149. The van der Waals surface area contributed by atoms with Gasteiger partial charge in [-0.1, -0.05) is 65.8 Å². The van der Waals surface area contributed by atoms with Crippen LogP contribution in [-0.4, -0.2) is 180 Å². The summed E-state index contributed by atoms with van der Waals surface area (Å²) in [4.78, 5) is 103. The number of aromatic nitrogens is 3. The van der Waals surface area contributed by atoms with Gasteiger partial charge < -0.3 is 49.6 Å². The zero-order chi connectivity index (χ0) is 61.0. The summed E-state index contributed by atoms with van der Waals surface area (Å²) in [7, 11) is 2.16. The maximum Gasteiger partial charge on any atom is 0.323 e. The van der Waals surface area contributed by atoms with Gasteiger partial charge in [0.15, 0.2) is 13.5 Å². The SMILES string of the molecule is CCNC(C(=O)OCCCCCC(=O)OCn1cc2cc(C[C@@H](NC(=O)N3CCC(c4cc5ccccc5n(COC(=O)CCCCCOC(=O)C(NCC)C(C)C)c4=O)CC3)C(=O)N3CCN(C4CCN(C)CC4)CC3)cc(C)c2n1)C(C)C. The van der Waals surface area contributed by atoms with Crippen molar-refractivity contribution in [1.82, 2.24) is 49.9 Å². The summed E-state index contributed by atoms with van der Waals surface area (Å²) in [5.41, 5.74) is 3.48. The van der Waals surface area contributed by atoms with E-state index in [-0.39, 0.29) is 105 Å². The molecule has 0 bridgehead atoms. The van der Waals surface area contributed by atoms with Crippen molar-refractivity contribution in [2.24, 2.45) is 11.8 Å². The van der Waals surface area contributed by atoms with Crippen LogP contribution < -0.4 is 21.5 Å². The number of nitrogens with one attached hydrogen (secondary N) is 3. The Balaban J connectivity index is 0.944. The molecule has 0 aliphatic carbocycles. The van der Waals surface area contributed by atoms with E-state index in [2.05, 4.69) is 32.8 Å². The van der Waals surface area contributed by atoms with Crippen LogP contribution in [-0.2, 0) is 62.8 Å². The summed E-state index contributed by atoms with van der Waals surface area (Å²) >= 11 is 0. The molecular formula is C64H96N10O11. The molecule has 3 amide bonds. The molecule has 468 valence electrons. The number of benzene rings is 2. The van der Waals surface area contributed by atoms with Gasteiger partial charge in [0.25, 0.3) is 5.56 Å². The van der Waals surface area contributed by atoms with Crippen molar-refractivity contribution in [2.75, 3.05) is 85.7 Å². The molecule has 2 aromatic heterocycles. The van der Waals surface area contributed by atoms with E-state index in [4.69, 9.17) is 24.0 Å². The highest BCUT2D eigenvalue weighted by Crippen LogP contribution is 2.29. The Morgan fingerprint density at radius 1 is 0.659 bits per heavy atom. The van der Waals surface area contributed by atoms with E-state index >= 15 is 0 Å². The number of rotatable bonds is 30. The predicted molar refractivity (Wildman–Crippen MR) is 327 cm³/mol. The normalized spacial score (nSPS) is 16.9. The van der Waals surface area contributed by atoms with Gasteiger partial charge in [-0.2, -0.15) is 5.10 Å². The molecule has 5 heterocycles. The number of pyridine rings is 1. The summed E-state index contributed by atoms with van der Waals surface area (Å²) in [5, 5.41) is 15.9.